The summed E-state index contributed by atoms with van der Waals surface area (Å²) in [7, 11) is 0. The fourth-order valence-electron chi connectivity index (χ4n) is 1.72. The highest BCUT2D eigenvalue weighted by Crippen LogP contribution is 2.21. The van der Waals surface area contributed by atoms with Crippen LogP contribution in [0.15, 0.2) is 47.1 Å². The predicted octanol–water partition coefficient (Wildman–Crippen LogP) is 3.13. The van der Waals surface area contributed by atoms with E-state index in [0.29, 0.717) is 17.0 Å². The first-order valence-corrected chi connectivity index (χ1v) is 5.88. The Morgan fingerprint density at radius 3 is 2.79 bits per heavy atom. The van der Waals surface area contributed by atoms with E-state index < -0.39 is 0 Å². The second-order valence-corrected chi connectivity index (χ2v) is 4.23. The van der Waals surface area contributed by atoms with Crippen LogP contribution in [0.2, 0.25) is 5.15 Å². The topological polar surface area (TPSA) is 68.0 Å². The molecule has 2 heterocycles. The van der Waals surface area contributed by atoms with Gasteiger partial charge in [0.15, 0.2) is 11.0 Å². The number of fused-ring (bicyclic) bond motifs is 1. The molecule has 0 saturated heterocycles. The fourth-order valence-corrected chi connectivity index (χ4v) is 1.82. The average molecular weight is 274 g/mol. The summed E-state index contributed by atoms with van der Waals surface area (Å²) in [6.45, 7) is 0. The van der Waals surface area contributed by atoms with Crippen LogP contribution in [0.3, 0.4) is 0 Å². The number of hydrogen-bond acceptors (Lipinski definition) is 4. The number of carbonyl (C=O) groups excluding carboxylic acids is 1. The molecule has 6 heteroatoms. The molecule has 19 heavy (non-hydrogen) atoms. The molecule has 0 spiro atoms. The first kappa shape index (κ1) is 11.7. The molecule has 0 aliphatic carbocycles. The number of para-hydroxylation sites is 1. The van der Waals surface area contributed by atoms with Crippen LogP contribution in [0.5, 0.6) is 0 Å². The van der Waals surface area contributed by atoms with Crippen LogP contribution < -0.4 is 5.32 Å². The van der Waals surface area contributed by atoms with Gasteiger partial charge < -0.3 is 9.73 Å². The lowest BCUT2D eigenvalue weighted by molar-refractivity contribution is 0.102. The van der Waals surface area contributed by atoms with Gasteiger partial charge in [-0.25, -0.2) is 0 Å². The van der Waals surface area contributed by atoms with Crippen molar-refractivity contribution in [2.75, 3.05) is 5.32 Å². The van der Waals surface area contributed by atoms with Crippen molar-refractivity contribution in [3.63, 3.8) is 0 Å². The summed E-state index contributed by atoms with van der Waals surface area (Å²) in [5, 5.41) is 11.1. The van der Waals surface area contributed by atoms with Gasteiger partial charge >= 0.3 is 0 Å². The molecule has 1 aromatic carbocycles. The molecule has 0 aliphatic rings. The van der Waals surface area contributed by atoms with Gasteiger partial charge in [-0.05, 0) is 18.2 Å². The lowest BCUT2D eigenvalue weighted by atomic mass is 10.1. The molecule has 0 unspecified atom stereocenters. The molecule has 0 bridgehead atoms. The summed E-state index contributed by atoms with van der Waals surface area (Å²) in [6.07, 6.45) is 1.42. The average Bonchev–Trinajstić information content (AvgIpc) is 2.85. The molecule has 0 aliphatic heterocycles. The fraction of sp³-hybridized carbons (Fsp3) is 0. The monoisotopic (exact) mass is 273 g/mol. The van der Waals surface area contributed by atoms with Gasteiger partial charge in [-0.2, -0.15) is 0 Å². The Balaban J connectivity index is 1.90. The Labute approximate surface area is 113 Å². The van der Waals surface area contributed by atoms with E-state index >= 15 is 0 Å². The van der Waals surface area contributed by atoms with Crippen molar-refractivity contribution < 1.29 is 9.21 Å². The van der Waals surface area contributed by atoms with Gasteiger partial charge in [0.25, 0.3) is 5.91 Å². The lowest BCUT2D eigenvalue weighted by Gasteiger charge is -2.01. The summed E-state index contributed by atoms with van der Waals surface area (Å²) >= 11 is 5.62. The zero-order valence-corrected chi connectivity index (χ0v) is 10.4. The van der Waals surface area contributed by atoms with E-state index in [2.05, 4.69) is 15.5 Å². The normalized spacial score (nSPS) is 10.6. The molecular formula is C13H8ClN3O2. The minimum absolute atomic E-state index is 0.270. The standard InChI is InChI=1S/C13H8ClN3O2/c14-11-5-6-12(17-16-11)15-13(18)9-7-19-10-4-2-1-3-8(9)10/h1-7H,(H,15,17,18). The second-order valence-electron chi connectivity index (χ2n) is 3.84. The Hall–Kier alpha value is -2.40. The Morgan fingerprint density at radius 2 is 2.00 bits per heavy atom. The van der Waals surface area contributed by atoms with Crippen molar-refractivity contribution in [1.82, 2.24) is 10.2 Å². The van der Waals surface area contributed by atoms with Crippen molar-refractivity contribution in [3.05, 3.63) is 53.4 Å². The molecule has 3 rings (SSSR count). The maximum absolute atomic E-state index is 12.1. The van der Waals surface area contributed by atoms with Crippen molar-refractivity contribution in [3.8, 4) is 0 Å². The highest BCUT2D eigenvalue weighted by atomic mass is 35.5. The Bertz CT molecular complexity index is 737. The molecule has 1 amide bonds. The van der Waals surface area contributed by atoms with Crippen molar-refractivity contribution in [2.24, 2.45) is 0 Å². The smallest absolute Gasteiger partial charge is 0.260 e. The molecule has 0 atom stereocenters. The molecule has 1 N–H and O–H groups in total. The molecule has 94 valence electrons. The van der Waals surface area contributed by atoms with Crippen LogP contribution in [0.1, 0.15) is 10.4 Å². The van der Waals surface area contributed by atoms with Crippen LogP contribution >= 0.6 is 11.6 Å². The molecule has 0 fully saturated rings. The SMILES string of the molecule is O=C(Nc1ccc(Cl)nn1)c1coc2ccccc12. The number of nitrogens with one attached hydrogen (secondary N) is 1. The number of benzene rings is 1. The zero-order chi connectivity index (χ0) is 13.2. The van der Waals surface area contributed by atoms with E-state index in [4.69, 9.17) is 16.0 Å². The summed E-state index contributed by atoms with van der Waals surface area (Å²) < 4.78 is 5.31. The molecular weight excluding hydrogens is 266 g/mol. The van der Waals surface area contributed by atoms with E-state index in [-0.39, 0.29) is 11.1 Å². The first-order chi connectivity index (χ1) is 9.24. The van der Waals surface area contributed by atoms with E-state index in [9.17, 15) is 4.79 Å². The Kier molecular flexibility index (Phi) is 2.89. The highest BCUT2D eigenvalue weighted by molar-refractivity contribution is 6.29. The van der Waals surface area contributed by atoms with Crippen LogP contribution in [0, 0.1) is 0 Å². The maximum atomic E-state index is 12.1. The minimum atomic E-state index is -0.304. The molecule has 3 aromatic rings. The van der Waals surface area contributed by atoms with Gasteiger partial charge in [-0.15, -0.1) is 10.2 Å². The quantitative estimate of drug-likeness (QED) is 0.779. The molecule has 2 aromatic heterocycles. The van der Waals surface area contributed by atoms with E-state index in [1.54, 1.807) is 18.2 Å². The highest BCUT2D eigenvalue weighted by Gasteiger charge is 2.13. The van der Waals surface area contributed by atoms with Gasteiger partial charge in [-0.3, -0.25) is 4.79 Å². The summed E-state index contributed by atoms with van der Waals surface area (Å²) in [5.74, 6) is 0.0289. The van der Waals surface area contributed by atoms with E-state index in [0.717, 1.165) is 5.39 Å². The van der Waals surface area contributed by atoms with Crippen molar-refractivity contribution in [2.45, 2.75) is 0 Å². The summed E-state index contributed by atoms with van der Waals surface area (Å²) in [4.78, 5) is 12.1. The third-order valence-electron chi connectivity index (χ3n) is 2.60. The number of aromatic nitrogens is 2. The van der Waals surface area contributed by atoms with E-state index in [1.807, 2.05) is 18.2 Å². The number of halogens is 1. The van der Waals surface area contributed by atoms with Gasteiger partial charge in [0.05, 0.1) is 5.56 Å². The number of carbonyl (C=O) groups is 1. The third kappa shape index (κ3) is 2.28. The van der Waals surface area contributed by atoms with Crippen LogP contribution in [0.25, 0.3) is 11.0 Å². The molecule has 0 radical (unpaired) electrons. The van der Waals surface area contributed by atoms with Crippen LogP contribution in [-0.2, 0) is 0 Å². The van der Waals surface area contributed by atoms with Gasteiger partial charge in [0.1, 0.15) is 11.8 Å². The second kappa shape index (κ2) is 4.70. The number of rotatable bonds is 2. The first-order valence-electron chi connectivity index (χ1n) is 5.51. The maximum Gasteiger partial charge on any atom is 0.260 e. The number of hydrogen-bond donors (Lipinski definition) is 1. The number of nitrogens with zero attached hydrogens (tertiary/aromatic N) is 2. The van der Waals surface area contributed by atoms with E-state index in [1.165, 1.54) is 6.26 Å². The summed E-state index contributed by atoms with van der Waals surface area (Å²) in [5.41, 5.74) is 1.11. The van der Waals surface area contributed by atoms with Gasteiger partial charge in [-0.1, -0.05) is 29.8 Å². The predicted molar refractivity (Wildman–Crippen MR) is 71.2 cm³/mol. The van der Waals surface area contributed by atoms with Gasteiger partial charge in [0.2, 0.25) is 0 Å². The van der Waals surface area contributed by atoms with Crippen molar-refractivity contribution >= 4 is 34.3 Å². The molecule has 5 nitrogen and oxygen atoms in total. The summed E-state index contributed by atoms with van der Waals surface area (Å²) in [6, 6.07) is 10.4. The molecule has 0 saturated carbocycles. The Morgan fingerprint density at radius 1 is 1.16 bits per heavy atom. The van der Waals surface area contributed by atoms with Crippen LogP contribution in [0.4, 0.5) is 5.82 Å². The number of anilines is 1. The van der Waals surface area contributed by atoms with Gasteiger partial charge in [0, 0.05) is 5.39 Å². The minimum Gasteiger partial charge on any atom is -0.463 e. The number of furan rings is 1. The largest absolute Gasteiger partial charge is 0.463 e. The lowest BCUT2D eigenvalue weighted by Crippen LogP contribution is -2.12. The number of amides is 1. The van der Waals surface area contributed by atoms with Crippen molar-refractivity contribution in [1.29, 1.82) is 0 Å². The zero-order valence-electron chi connectivity index (χ0n) is 9.63. The van der Waals surface area contributed by atoms with Crippen LogP contribution in [-0.4, -0.2) is 16.1 Å². The third-order valence-corrected chi connectivity index (χ3v) is 2.80.